The van der Waals surface area contributed by atoms with Gasteiger partial charge in [0.1, 0.15) is 5.82 Å². The maximum atomic E-state index is 4.94. The molecule has 192 valence electrons. The molecule has 0 aliphatic heterocycles. The van der Waals surface area contributed by atoms with Crippen molar-refractivity contribution in [2.75, 3.05) is 0 Å². The van der Waals surface area contributed by atoms with Crippen LogP contribution in [0.5, 0.6) is 0 Å². The second-order valence-electron chi connectivity index (χ2n) is 11.8. The van der Waals surface area contributed by atoms with Crippen LogP contribution >= 0.6 is 0 Å². The summed E-state index contributed by atoms with van der Waals surface area (Å²) in [5.41, 5.74) is 13.8. The maximum Gasteiger partial charge on any atom is 0.144 e. The van der Waals surface area contributed by atoms with Gasteiger partial charge in [-0.25, -0.2) is 4.98 Å². The predicted molar refractivity (Wildman–Crippen MR) is 161 cm³/mol. The minimum Gasteiger partial charge on any atom is -0.299 e. The minimum absolute atomic E-state index is 0.557. The molecule has 0 radical (unpaired) electrons. The number of imidazole rings is 1. The molecule has 0 atom stereocenters. The molecule has 2 aliphatic rings. The number of rotatable bonds is 7. The summed E-state index contributed by atoms with van der Waals surface area (Å²) in [6.45, 7) is 9.28. The summed E-state index contributed by atoms with van der Waals surface area (Å²) in [7, 11) is 0. The molecule has 2 heteroatoms. The first-order valence-electron chi connectivity index (χ1n) is 14.2. The third kappa shape index (κ3) is 4.69. The van der Waals surface area contributed by atoms with Gasteiger partial charge in [-0.1, -0.05) is 87.9 Å². The topological polar surface area (TPSA) is 17.8 Å². The van der Waals surface area contributed by atoms with Gasteiger partial charge < -0.3 is 0 Å². The first-order chi connectivity index (χ1) is 18.5. The summed E-state index contributed by atoms with van der Waals surface area (Å²) in [6, 6.07) is 22.7. The number of aromatic nitrogens is 2. The standard InChI is InChI=1S/C36H38N2/c1-24(2)18-31-21-30(26-10-6-5-7-11-26)22-32(19-25(3)4)35(31)38-17-16-37-36(38)29-15-14-28-20-27-12-8-9-13-33(27)34(28)23-29/h5-7,9-11,13-17,21-25H,8,12,18-20H2,1-4H3. The molecule has 0 saturated carbocycles. The van der Waals surface area contributed by atoms with Gasteiger partial charge in [0, 0.05) is 18.0 Å². The first-order valence-corrected chi connectivity index (χ1v) is 14.2. The number of benzene rings is 3. The maximum absolute atomic E-state index is 4.94. The molecule has 0 spiro atoms. The van der Waals surface area contributed by atoms with E-state index in [1.54, 1.807) is 5.57 Å². The molecule has 4 aromatic rings. The van der Waals surface area contributed by atoms with Gasteiger partial charge in [-0.15, -0.1) is 0 Å². The fourth-order valence-electron chi connectivity index (χ4n) is 6.28. The normalized spacial score (nSPS) is 14.5. The molecule has 0 amide bonds. The van der Waals surface area contributed by atoms with Crippen molar-refractivity contribution < 1.29 is 0 Å². The third-order valence-electron chi connectivity index (χ3n) is 7.85. The van der Waals surface area contributed by atoms with E-state index in [-0.39, 0.29) is 0 Å². The van der Waals surface area contributed by atoms with Crippen LogP contribution in [-0.4, -0.2) is 9.55 Å². The van der Waals surface area contributed by atoms with E-state index in [1.165, 1.54) is 63.0 Å². The molecular weight excluding hydrogens is 460 g/mol. The highest BCUT2D eigenvalue weighted by atomic mass is 15.1. The lowest BCUT2D eigenvalue weighted by molar-refractivity contribution is 0.631. The number of hydrogen-bond donors (Lipinski definition) is 0. The van der Waals surface area contributed by atoms with Crippen LogP contribution in [0.1, 0.15) is 62.8 Å². The zero-order valence-electron chi connectivity index (χ0n) is 23.2. The molecule has 1 aromatic heterocycles. The van der Waals surface area contributed by atoms with Crippen LogP contribution in [-0.2, 0) is 19.3 Å². The van der Waals surface area contributed by atoms with Gasteiger partial charge >= 0.3 is 0 Å². The lowest BCUT2D eigenvalue weighted by Crippen LogP contribution is -2.10. The SMILES string of the molecule is CC(C)Cc1cc(-c2ccccc2)cc(CC(C)C)c1-n1ccnc1-c1ccc2c(c1)C1=C(CCC=C1)C2. The Balaban J connectivity index is 1.51. The van der Waals surface area contributed by atoms with Crippen molar-refractivity contribution in [1.29, 1.82) is 0 Å². The van der Waals surface area contributed by atoms with Crippen LogP contribution in [0.4, 0.5) is 0 Å². The second kappa shape index (κ2) is 10.3. The summed E-state index contributed by atoms with van der Waals surface area (Å²) in [5, 5.41) is 0. The van der Waals surface area contributed by atoms with Gasteiger partial charge in [-0.2, -0.15) is 0 Å². The number of nitrogens with zero attached hydrogens (tertiary/aromatic N) is 2. The largest absolute Gasteiger partial charge is 0.299 e. The summed E-state index contributed by atoms with van der Waals surface area (Å²) >= 11 is 0. The van der Waals surface area contributed by atoms with E-state index in [0.29, 0.717) is 11.8 Å². The molecule has 0 fully saturated rings. The quantitative estimate of drug-likeness (QED) is 0.248. The Morgan fingerprint density at radius 3 is 2.26 bits per heavy atom. The van der Waals surface area contributed by atoms with E-state index < -0.39 is 0 Å². The van der Waals surface area contributed by atoms with Gasteiger partial charge in [0.25, 0.3) is 0 Å². The highest BCUT2D eigenvalue weighted by Gasteiger charge is 2.24. The van der Waals surface area contributed by atoms with Crippen molar-refractivity contribution in [3.8, 4) is 28.2 Å². The van der Waals surface area contributed by atoms with Gasteiger partial charge in [0.2, 0.25) is 0 Å². The molecule has 0 N–H and O–H groups in total. The van der Waals surface area contributed by atoms with Crippen LogP contribution in [0.2, 0.25) is 0 Å². The van der Waals surface area contributed by atoms with Gasteiger partial charge in [0.05, 0.1) is 5.69 Å². The molecule has 2 aliphatic carbocycles. The van der Waals surface area contributed by atoms with E-state index in [9.17, 15) is 0 Å². The zero-order valence-corrected chi connectivity index (χ0v) is 23.2. The van der Waals surface area contributed by atoms with E-state index in [0.717, 1.165) is 25.1 Å². The van der Waals surface area contributed by atoms with Crippen molar-refractivity contribution in [1.82, 2.24) is 9.55 Å². The van der Waals surface area contributed by atoms with E-state index in [4.69, 9.17) is 4.98 Å². The van der Waals surface area contributed by atoms with E-state index in [1.807, 2.05) is 6.20 Å². The lowest BCUT2D eigenvalue weighted by atomic mass is 9.90. The minimum atomic E-state index is 0.557. The van der Waals surface area contributed by atoms with Crippen LogP contribution in [0, 0.1) is 11.8 Å². The number of fused-ring (bicyclic) bond motifs is 2. The molecule has 1 heterocycles. The summed E-state index contributed by atoms with van der Waals surface area (Å²) in [4.78, 5) is 4.94. The Morgan fingerprint density at radius 2 is 1.55 bits per heavy atom. The Hall–Kier alpha value is -3.65. The molecule has 38 heavy (non-hydrogen) atoms. The summed E-state index contributed by atoms with van der Waals surface area (Å²) in [6.07, 6.45) is 14.3. The van der Waals surface area contributed by atoms with Crippen LogP contribution in [0.15, 0.2) is 90.8 Å². The Kier molecular flexibility index (Phi) is 6.66. The van der Waals surface area contributed by atoms with Crippen molar-refractivity contribution in [3.05, 3.63) is 113 Å². The first kappa shape index (κ1) is 24.7. The van der Waals surface area contributed by atoms with Crippen LogP contribution in [0.25, 0.3) is 33.8 Å². The molecule has 0 bridgehead atoms. The average Bonchev–Trinajstić information content (AvgIpc) is 3.53. The summed E-state index contributed by atoms with van der Waals surface area (Å²) < 4.78 is 2.37. The van der Waals surface area contributed by atoms with Crippen molar-refractivity contribution in [3.63, 3.8) is 0 Å². The van der Waals surface area contributed by atoms with E-state index >= 15 is 0 Å². The predicted octanol–water partition coefficient (Wildman–Crippen LogP) is 9.26. The summed E-state index contributed by atoms with van der Waals surface area (Å²) in [5.74, 6) is 2.15. The molecule has 6 rings (SSSR count). The smallest absolute Gasteiger partial charge is 0.144 e. The molecular formula is C36H38N2. The fourth-order valence-corrected chi connectivity index (χ4v) is 6.28. The lowest BCUT2D eigenvalue weighted by Gasteiger charge is -2.22. The number of hydrogen-bond acceptors (Lipinski definition) is 1. The second-order valence-corrected chi connectivity index (χ2v) is 11.8. The van der Waals surface area contributed by atoms with Crippen molar-refractivity contribution >= 4 is 5.57 Å². The van der Waals surface area contributed by atoms with Crippen molar-refractivity contribution in [2.45, 2.75) is 59.8 Å². The number of allylic oxidation sites excluding steroid dienone is 4. The van der Waals surface area contributed by atoms with E-state index in [2.05, 4.69) is 111 Å². The van der Waals surface area contributed by atoms with Gasteiger partial charge in [0.15, 0.2) is 0 Å². The van der Waals surface area contributed by atoms with Gasteiger partial charge in [-0.3, -0.25) is 4.57 Å². The average molecular weight is 499 g/mol. The highest BCUT2D eigenvalue weighted by molar-refractivity contribution is 5.85. The molecule has 2 nitrogen and oxygen atoms in total. The zero-order chi connectivity index (χ0) is 26.2. The van der Waals surface area contributed by atoms with Gasteiger partial charge in [-0.05, 0) is 101 Å². The Labute approximate surface area is 227 Å². The molecule has 0 unspecified atom stereocenters. The van der Waals surface area contributed by atoms with Crippen molar-refractivity contribution in [2.24, 2.45) is 11.8 Å². The fraction of sp³-hybridized carbons (Fsp3) is 0.306. The Bertz CT molecular complexity index is 1500. The van der Waals surface area contributed by atoms with Crippen LogP contribution in [0.3, 0.4) is 0 Å². The molecule has 0 saturated heterocycles. The third-order valence-corrected chi connectivity index (χ3v) is 7.85. The Morgan fingerprint density at radius 1 is 0.816 bits per heavy atom. The molecule has 3 aromatic carbocycles. The monoisotopic (exact) mass is 498 g/mol. The van der Waals surface area contributed by atoms with Crippen LogP contribution < -0.4 is 0 Å². The highest BCUT2D eigenvalue weighted by Crippen LogP contribution is 2.41.